The number of hydrogen-bond acceptors (Lipinski definition) is 7. The molecule has 3 N–H and O–H groups in total. The predicted molar refractivity (Wildman–Crippen MR) is 135 cm³/mol. The number of aliphatic hydroxyl groups is 2. The molecule has 0 bridgehead atoms. The molecule has 2 aliphatic heterocycles. The summed E-state index contributed by atoms with van der Waals surface area (Å²) in [6, 6.07) is -0.352. The van der Waals surface area contributed by atoms with Crippen molar-refractivity contribution in [2.75, 3.05) is 0 Å². The van der Waals surface area contributed by atoms with Crippen molar-refractivity contribution in [2.45, 2.75) is 103 Å². The van der Waals surface area contributed by atoms with Crippen LogP contribution in [0.15, 0.2) is 16.8 Å². The van der Waals surface area contributed by atoms with E-state index < -0.39 is 23.5 Å². The van der Waals surface area contributed by atoms with Gasteiger partial charge in [0, 0.05) is 19.8 Å². The molecule has 198 valence electrons. The molecular formula is C28H40N2O6. The molecule has 0 radical (unpaired) electrons. The molecule has 1 aromatic heterocycles. The summed E-state index contributed by atoms with van der Waals surface area (Å²) >= 11 is 0. The Hall–Kier alpha value is -2.47. The average molecular weight is 501 g/mol. The van der Waals surface area contributed by atoms with E-state index in [1.807, 2.05) is 13.0 Å². The minimum Gasteiger partial charge on any atom is -0.449 e. The van der Waals surface area contributed by atoms with E-state index in [-0.39, 0.29) is 48.2 Å². The van der Waals surface area contributed by atoms with Crippen LogP contribution >= 0.6 is 0 Å². The van der Waals surface area contributed by atoms with E-state index in [1.54, 1.807) is 33.1 Å². The summed E-state index contributed by atoms with van der Waals surface area (Å²) in [7, 11) is 0. The van der Waals surface area contributed by atoms with Crippen LogP contribution in [0.1, 0.15) is 77.8 Å². The van der Waals surface area contributed by atoms with Crippen LogP contribution in [-0.4, -0.2) is 56.8 Å². The van der Waals surface area contributed by atoms with Crippen LogP contribution in [0.2, 0.25) is 0 Å². The second-order valence-electron chi connectivity index (χ2n) is 11.2. The molecule has 8 nitrogen and oxygen atoms in total. The Balaban J connectivity index is 1.84. The van der Waals surface area contributed by atoms with Gasteiger partial charge < -0.3 is 24.7 Å². The van der Waals surface area contributed by atoms with Crippen molar-refractivity contribution >= 4 is 17.8 Å². The molecule has 7 unspecified atom stereocenters. The second-order valence-corrected chi connectivity index (χ2v) is 11.2. The van der Waals surface area contributed by atoms with E-state index in [2.05, 4.69) is 23.1 Å². The highest BCUT2D eigenvalue weighted by Crippen LogP contribution is 2.44. The Labute approximate surface area is 213 Å². The van der Waals surface area contributed by atoms with Crippen LogP contribution in [0.5, 0.6) is 0 Å². The van der Waals surface area contributed by atoms with Gasteiger partial charge in [-0.3, -0.25) is 9.59 Å². The molecule has 2 fully saturated rings. The van der Waals surface area contributed by atoms with Gasteiger partial charge in [0.1, 0.15) is 17.7 Å². The maximum Gasteiger partial charge on any atom is 0.223 e. The first-order chi connectivity index (χ1) is 16.9. The Morgan fingerprint density at radius 3 is 2.67 bits per heavy atom. The minimum atomic E-state index is -1.27. The first-order valence-corrected chi connectivity index (χ1v) is 12.8. The number of aryl methyl sites for hydroxylation is 1. The quantitative estimate of drug-likeness (QED) is 0.430. The highest BCUT2D eigenvalue weighted by Gasteiger charge is 2.52. The fourth-order valence-corrected chi connectivity index (χ4v) is 5.07. The Morgan fingerprint density at radius 1 is 1.31 bits per heavy atom. The maximum atomic E-state index is 13.5. The number of hydrogen-bond donors (Lipinski definition) is 3. The molecule has 8 heteroatoms. The van der Waals surface area contributed by atoms with Crippen LogP contribution in [0.3, 0.4) is 0 Å². The van der Waals surface area contributed by atoms with Crippen LogP contribution in [0.25, 0.3) is 6.08 Å². The first kappa shape index (κ1) is 28.1. The molecule has 7 atom stereocenters. The van der Waals surface area contributed by atoms with E-state index in [4.69, 9.17) is 15.6 Å². The van der Waals surface area contributed by atoms with Crippen molar-refractivity contribution in [1.82, 2.24) is 10.3 Å². The molecule has 1 amide bonds. The molecule has 0 spiro atoms. The third-order valence-corrected chi connectivity index (χ3v) is 7.84. The number of terminal acetylenes is 1. The Kier molecular flexibility index (Phi) is 8.81. The third-order valence-electron chi connectivity index (χ3n) is 7.84. The number of rotatable bonds is 3. The van der Waals surface area contributed by atoms with Crippen molar-refractivity contribution in [3.05, 3.63) is 23.9 Å². The number of carbonyl (C=O) groups excluding carboxylic acids is 2. The zero-order valence-electron chi connectivity index (χ0n) is 22.0. The number of amides is 1. The Morgan fingerprint density at radius 2 is 2.03 bits per heavy atom. The normalized spacial score (nSPS) is 36.2. The summed E-state index contributed by atoms with van der Waals surface area (Å²) in [5, 5.41) is 24.9. The smallest absolute Gasteiger partial charge is 0.223 e. The number of nitrogens with zero attached hydrogens (tertiary/aromatic N) is 1. The molecule has 0 aromatic carbocycles. The molecule has 2 saturated heterocycles. The van der Waals surface area contributed by atoms with Gasteiger partial charge in [-0.15, -0.1) is 12.3 Å². The van der Waals surface area contributed by atoms with Crippen molar-refractivity contribution in [2.24, 2.45) is 17.3 Å². The number of nitrogens with one attached hydrogen (secondary N) is 1. The number of oxazole rings is 1. The van der Waals surface area contributed by atoms with Crippen LogP contribution in [0.4, 0.5) is 0 Å². The van der Waals surface area contributed by atoms with Gasteiger partial charge in [0.25, 0.3) is 0 Å². The zero-order valence-corrected chi connectivity index (χ0v) is 22.0. The molecule has 3 rings (SSSR count). The van der Waals surface area contributed by atoms with E-state index in [0.717, 1.165) is 19.3 Å². The molecule has 36 heavy (non-hydrogen) atoms. The van der Waals surface area contributed by atoms with Crippen molar-refractivity contribution in [1.29, 1.82) is 0 Å². The van der Waals surface area contributed by atoms with Gasteiger partial charge in [-0.2, -0.15) is 0 Å². The molecule has 1 aromatic rings. The number of ether oxygens (including phenoxy) is 1. The van der Waals surface area contributed by atoms with E-state index in [1.165, 1.54) is 0 Å². The second kappa shape index (κ2) is 11.3. The van der Waals surface area contributed by atoms with Crippen LogP contribution in [0, 0.1) is 36.5 Å². The SMILES string of the molecule is C#CCC1C(=O)C(C)(C)C(O)CC(=O)NC(C=Cc2coc(C)n2)CC2OC2(C)CCCC(C)C1O. The largest absolute Gasteiger partial charge is 0.449 e. The van der Waals surface area contributed by atoms with Gasteiger partial charge in [0.15, 0.2) is 5.89 Å². The van der Waals surface area contributed by atoms with Crippen molar-refractivity contribution in [3.8, 4) is 12.3 Å². The molecule has 0 saturated carbocycles. The summed E-state index contributed by atoms with van der Waals surface area (Å²) < 4.78 is 11.3. The standard InChI is InChI=1S/C28H40N2O6/c1-7-9-21-25(33)17(2)10-8-13-28(6)23(36-28)14-19(11-12-20-16-35-18(3)29-20)30-24(32)15-22(31)27(4,5)26(21)34/h1,11-12,16-17,19,21-23,25,31,33H,8-10,13-15H2,2-6H3,(H,30,32). The lowest BCUT2D eigenvalue weighted by Crippen LogP contribution is -2.48. The topological polar surface area (TPSA) is 125 Å². The summed E-state index contributed by atoms with van der Waals surface area (Å²) in [6.07, 6.45) is 11.2. The first-order valence-electron chi connectivity index (χ1n) is 12.8. The average Bonchev–Trinajstić information content (AvgIpc) is 3.24. The molecule has 3 heterocycles. The van der Waals surface area contributed by atoms with Gasteiger partial charge >= 0.3 is 0 Å². The number of Topliss-reactive ketones (excluding diaryl/α,β-unsaturated/α-hetero) is 1. The highest BCUT2D eigenvalue weighted by atomic mass is 16.6. The predicted octanol–water partition coefficient (Wildman–Crippen LogP) is 3.20. The van der Waals surface area contributed by atoms with Crippen LogP contribution in [-0.2, 0) is 14.3 Å². The van der Waals surface area contributed by atoms with Crippen molar-refractivity contribution < 1.29 is 29.0 Å². The van der Waals surface area contributed by atoms with Gasteiger partial charge in [-0.25, -0.2) is 4.98 Å². The van der Waals surface area contributed by atoms with Gasteiger partial charge in [-0.1, -0.05) is 33.3 Å². The lowest BCUT2D eigenvalue weighted by Gasteiger charge is -2.35. The number of ketones is 1. The van der Waals surface area contributed by atoms with E-state index in [9.17, 15) is 19.8 Å². The Bertz CT molecular complexity index is 1010. The number of carbonyl (C=O) groups is 2. The van der Waals surface area contributed by atoms with Gasteiger partial charge in [0.2, 0.25) is 5.91 Å². The highest BCUT2D eigenvalue weighted by molar-refractivity contribution is 5.88. The molecular weight excluding hydrogens is 460 g/mol. The molecule has 2 aliphatic rings. The third kappa shape index (κ3) is 6.64. The maximum absolute atomic E-state index is 13.5. The summed E-state index contributed by atoms with van der Waals surface area (Å²) in [6.45, 7) is 8.94. The lowest BCUT2D eigenvalue weighted by atomic mass is 9.71. The molecule has 0 aliphatic carbocycles. The van der Waals surface area contributed by atoms with Crippen LogP contribution < -0.4 is 5.32 Å². The monoisotopic (exact) mass is 500 g/mol. The summed E-state index contributed by atoms with van der Waals surface area (Å²) in [5.74, 6) is 1.37. The lowest BCUT2D eigenvalue weighted by molar-refractivity contribution is -0.143. The fraction of sp³-hybridized carbons (Fsp3) is 0.679. The minimum absolute atomic E-state index is 0.0308. The number of epoxide rings is 1. The summed E-state index contributed by atoms with van der Waals surface area (Å²) in [4.78, 5) is 30.7. The number of fused-ring (bicyclic) bond motifs is 1. The number of aliphatic hydroxyl groups excluding tert-OH is 2. The van der Waals surface area contributed by atoms with Gasteiger partial charge in [-0.05, 0) is 31.8 Å². The number of aromatic nitrogens is 1. The van der Waals surface area contributed by atoms with Gasteiger partial charge in [0.05, 0.1) is 47.7 Å². The summed E-state index contributed by atoms with van der Waals surface area (Å²) in [5.41, 5.74) is -0.927. The fourth-order valence-electron chi connectivity index (χ4n) is 5.07. The van der Waals surface area contributed by atoms with E-state index in [0.29, 0.717) is 18.0 Å². The van der Waals surface area contributed by atoms with E-state index >= 15 is 0 Å². The zero-order chi connectivity index (χ0) is 26.7. The van der Waals surface area contributed by atoms with Crippen molar-refractivity contribution in [3.63, 3.8) is 0 Å².